The first-order chi connectivity index (χ1) is 11.4. The quantitative estimate of drug-likeness (QED) is 0.803. The maximum atomic E-state index is 12.9. The fourth-order valence-electron chi connectivity index (χ4n) is 2.95. The summed E-state index contributed by atoms with van der Waals surface area (Å²) in [6.07, 6.45) is -8.84. The van der Waals surface area contributed by atoms with E-state index in [0.29, 0.717) is 25.0 Å². The van der Waals surface area contributed by atoms with E-state index in [2.05, 4.69) is 0 Å². The zero-order valence-electron chi connectivity index (χ0n) is 13.3. The van der Waals surface area contributed by atoms with Gasteiger partial charge in [-0.15, -0.1) is 0 Å². The number of benzene rings is 1. The Bertz CT molecular complexity index is 608. The molecule has 1 aliphatic rings. The molecule has 1 heterocycles. The van der Waals surface area contributed by atoms with Crippen LogP contribution in [0, 0.1) is 5.92 Å². The molecule has 1 aliphatic heterocycles. The van der Waals surface area contributed by atoms with Crippen molar-refractivity contribution in [1.82, 2.24) is 4.90 Å². The van der Waals surface area contributed by atoms with Crippen molar-refractivity contribution in [2.75, 3.05) is 6.54 Å². The Morgan fingerprint density at radius 3 is 2.04 bits per heavy atom. The second-order valence-electron chi connectivity index (χ2n) is 6.31. The van der Waals surface area contributed by atoms with E-state index in [1.165, 1.54) is 0 Å². The third-order valence-corrected chi connectivity index (χ3v) is 4.39. The van der Waals surface area contributed by atoms with Crippen molar-refractivity contribution >= 4 is 5.97 Å². The third-order valence-electron chi connectivity index (χ3n) is 4.39. The van der Waals surface area contributed by atoms with Crippen molar-refractivity contribution in [3.63, 3.8) is 0 Å². The molecule has 2 atom stereocenters. The van der Waals surface area contributed by atoms with E-state index in [9.17, 15) is 31.1 Å². The molecule has 2 unspecified atom stereocenters. The topological polar surface area (TPSA) is 40.5 Å². The molecule has 2 rings (SSSR count). The summed E-state index contributed by atoms with van der Waals surface area (Å²) >= 11 is 0. The number of nitrogens with zero attached hydrogens (tertiary/aromatic N) is 1. The summed E-state index contributed by atoms with van der Waals surface area (Å²) in [4.78, 5) is 12.7. The van der Waals surface area contributed by atoms with Gasteiger partial charge in [0, 0.05) is 19.1 Å². The Labute approximate surface area is 140 Å². The van der Waals surface area contributed by atoms with Crippen LogP contribution >= 0.6 is 0 Å². The predicted octanol–water partition coefficient (Wildman–Crippen LogP) is 4.41. The number of hydrogen-bond acceptors (Lipinski definition) is 2. The van der Waals surface area contributed by atoms with Gasteiger partial charge in [0.25, 0.3) is 0 Å². The molecule has 0 aromatic heterocycles. The second-order valence-corrected chi connectivity index (χ2v) is 6.31. The fraction of sp³-hybridized carbons (Fsp3) is 0.562. The van der Waals surface area contributed by atoms with Gasteiger partial charge in [0.15, 0.2) is 0 Å². The lowest BCUT2D eigenvalue weighted by atomic mass is 9.93. The van der Waals surface area contributed by atoms with Crippen molar-refractivity contribution < 1.29 is 36.2 Å². The molecule has 0 saturated carbocycles. The lowest BCUT2D eigenvalue weighted by molar-refractivity contribution is -0.144. The molecule has 1 fully saturated rings. The molecule has 0 aliphatic carbocycles. The summed E-state index contributed by atoms with van der Waals surface area (Å²) in [5, 5.41) is 9.09. The summed E-state index contributed by atoms with van der Waals surface area (Å²) in [7, 11) is 0. The van der Waals surface area contributed by atoms with Gasteiger partial charge >= 0.3 is 18.3 Å². The minimum Gasteiger partial charge on any atom is -0.481 e. The lowest BCUT2D eigenvalue weighted by Gasteiger charge is -2.36. The van der Waals surface area contributed by atoms with E-state index in [1.807, 2.05) is 0 Å². The molecule has 0 amide bonds. The largest absolute Gasteiger partial charge is 0.481 e. The highest BCUT2D eigenvalue weighted by Crippen LogP contribution is 2.37. The SMILES string of the molecule is CC1CCC(C(=O)O)CN1Cc1cc(C(F)(F)F)cc(C(F)(F)F)c1. The van der Waals surface area contributed by atoms with E-state index >= 15 is 0 Å². The molecule has 140 valence electrons. The van der Waals surface area contributed by atoms with Crippen LogP contribution in [0.1, 0.15) is 36.5 Å². The van der Waals surface area contributed by atoms with Gasteiger partial charge in [0.1, 0.15) is 0 Å². The van der Waals surface area contributed by atoms with E-state index in [4.69, 9.17) is 5.11 Å². The van der Waals surface area contributed by atoms with Crippen LogP contribution < -0.4 is 0 Å². The van der Waals surface area contributed by atoms with Crippen LogP contribution in [0.15, 0.2) is 18.2 Å². The molecule has 25 heavy (non-hydrogen) atoms. The van der Waals surface area contributed by atoms with Crippen LogP contribution in [0.4, 0.5) is 26.3 Å². The van der Waals surface area contributed by atoms with Gasteiger partial charge in [0.05, 0.1) is 17.0 Å². The van der Waals surface area contributed by atoms with Crippen LogP contribution in [-0.4, -0.2) is 28.6 Å². The summed E-state index contributed by atoms with van der Waals surface area (Å²) in [6.45, 7) is 1.70. The van der Waals surface area contributed by atoms with Crippen molar-refractivity contribution in [1.29, 1.82) is 0 Å². The van der Waals surface area contributed by atoms with E-state index < -0.39 is 35.4 Å². The fourth-order valence-corrected chi connectivity index (χ4v) is 2.95. The lowest BCUT2D eigenvalue weighted by Crippen LogP contribution is -2.43. The van der Waals surface area contributed by atoms with Gasteiger partial charge in [-0.2, -0.15) is 26.3 Å². The van der Waals surface area contributed by atoms with Gasteiger partial charge in [0.2, 0.25) is 0 Å². The number of rotatable bonds is 3. The van der Waals surface area contributed by atoms with Crippen LogP contribution in [0.2, 0.25) is 0 Å². The number of aliphatic carboxylic acids is 1. The van der Waals surface area contributed by atoms with Gasteiger partial charge in [-0.05, 0) is 43.5 Å². The monoisotopic (exact) mass is 369 g/mol. The minimum atomic E-state index is -4.90. The Hall–Kier alpha value is -1.77. The number of likely N-dealkylation sites (tertiary alicyclic amines) is 1. The standard InChI is InChI=1S/C16H17F6NO2/c1-9-2-3-11(14(24)25)8-23(9)7-10-4-12(15(17,18)19)6-13(5-10)16(20,21)22/h4-6,9,11H,2-3,7-8H2,1H3,(H,24,25). The third kappa shape index (κ3) is 4.87. The van der Waals surface area contributed by atoms with Crippen LogP contribution in [-0.2, 0) is 23.7 Å². The molecular formula is C16H17F6NO2. The van der Waals surface area contributed by atoms with Gasteiger partial charge < -0.3 is 5.11 Å². The molecule has 0 radical (unpaired) electrons. The minimum absolute atomic E-state index is 0.0865. The number of halogens is 6. The summed E-state index contributed by atoms with van der Waals surface area (Å²) < 4.78 is 77.4. The molecule has 0 bridgehead atoms. The summed E-state index contributed by atoms with van der Waals surface area (Å²) in [5.41, 5.74) is -2.87. The van der Waals surface area contributed by atoms with E-state index in [0.717, 1.165) is 0 Å². The van der Waals surface area contributed by atoms with E-state index in [-0.39, 0.29) is 30.8 Å². The predicted molar refractivity (Wildman–Crippen MR) is 76.7 cm³/mol. The summed E-state index contributed by atoms with van der Waals surface area (Å²) in [6, 6.07) is 1.33. The number of carbonyl (C=O) groups is 1. The molecule has 1 N–H and O–H groups in total. The Morgan fingerprint density at radius 1 is 1.08 bits per heavy atom. The number of carboxylic acid groups (broad SMARTS) is 1. The number of carboxylic acids is 1. The highest BCUT2D eigenvalue weighted by molar-refractivity contribution is 5.70. The molecule has 0 spiro atoms. The van der Waals surface area contributed by atoms with Crippen molar-refractivity contribution in [2.24, 2.45) is 5.92 Å². The van der Waals surface area contributed by atoms with Crippen molar-refractivity contribution in [3.8, 4) is 0 Å². The average Bonchev–Trinajstić information content (AvgIpc) is 2.47. The van der Waals surface area contributed by atoms with Crippen LogP contribution in [0.3, 0.4) is 0 Å². The van der Waals surface area contributed by atoms with E-state index in [1.54, 1.807) is 11.8 Å². The summed E-state index contributed by atoms with van der Waals surface area (Å²) in [5.74, 6) is -1.69. The van der Waals surface area contributed by atoms with Gasteiger partial charge in [-0.1, -0.05) is 0 Å². The average molecular weight is 369 g/mol. The molecule has 3 nitrogen and oxygen atoms in total. The van der Waals surface area contributed by atoms with Gasteiger partial charge in [-0.3, -0.25) is 9.69 Å². The Kier molecular flexibility index (Phi) is 5.36. The first kappa shape index (κ1) is 19.6. The number of alkyl halides is 6. The maximum Gasteiger partial charge on any atom is 0.416 e. The highest BCUT2D eigenvalue weighted by atomic mass is 19.4. The zero-order chi connectivity index (χ0) is 19.0. The Balaban J connectivity index is 2.33. The number of piperidine rings is 1. The maximum absolute atomic E-state index is 12.9. The zero-order valence-corrected chi connectivity index (χ0v) is 13.3. The molecule has 1 aromatic carbocycles. The van der Waals surface area contributed by atoms with Crippen LogP contribution in [0.25, 0.3) is 0 Å². The second kappa shape index (κ2) is 6.86. The normalized spacial score (nSPS) is 22.8. The smallest absolute Gasteiger partial charge is 0.416 e. The molecule has 1 aromatic rings. The first-order valence-corrected chi connectivity index (χ1v) is 7.63. The molecular weight excluding hydrogens is 352 g/mol. The van der Waals surface area contributed by atoms with Crippen molar-refractivity contribution in [2.45, 2.75) is 44.7 Å². The Morgan fingerprint density at radius 2 is 1.60 bits per heavy atom. The number of hydrogen-bond donors (Lipinski definition) is 1. The molecule has 9 heteroatoms. The first-order valence-electron chi connectivity index (χ1n) is 7.63. The van der Waals surface area contributed by atoms with Crippen LogP contribution in [0.5, 0.6) is 0 Å². The van der Waals surface area contributed by atoms with Crippen molar-refractivity contribution in [3.05, 3.63) is 34.9 Å². The van der Waals surface area contributed by atoms with Gasteiger partial charge in [-0.25, -0.2) is 0 Å². The molecule has 1 saturated heterocycles. The highest BCUT2D eigenvalue weighted by Gasteiger charge is 2.37.